The Morgan fingerprint density at radius 1 is 1.19 bits per heavy atom. The molecule has 0 spiro atoms. The van der Waals surface area contributed by atoms with Crippen LogP contribution >= 0.6 is 11.8 Å². The molecule has 2 aromatic carbocycles. The van der Waals surface area contributed by atoms with Gasteiger partial charge in [-0.05, 0) is 62.3 Å². The summed E-state index contributed by atoms with van der Waals surface area (Å²) in [6.07, 6.45) is 6.50. The fourth-order valence-electron chi connectivity index (χ4n) is 3.45. The first-order valence-corrected chi connectivity index (χ1v) is 9.78. The van der Waals surface area contributed by atoms with Gasteiger partial charge in [-0.2, -0.15) is 0 Å². The number of hydrogen-bond donors (Lipinski definition) is 1. The van der Waals surface area contributed by atoms with Crippen LogP contribution in [-0.2, 0) is 0 Å². The second-order valence-corrected chi connectivity index (χ2v) is 7.32. The summed E-state index contributed by atoms with van der Waals surface area (Å²) < 4.78 is 12.0. The molecule has 5 nitrogen and oxygen atoms in total. The third-order valence-corrected chi connectivity index (χ3v) is 5.52. The summed E-state index contributed by atoms with van der Waals surface area (Å²) in [5.74, 6) is -0.413. The summed E-state index contributed by atoms with van der Waals surface area (Å²) in [6.45, 7) is 0. The van der Waals surface area contributed by atoms with Gasteiger partial charge in [0.15, 0.2) is 5.58 Å². The van der Waals surface area contributed by atoms with Crippen molar-refractivity contribution < 1.29 is 19.1 Å². The highest BCUT2D eigenvalue weighted by Gasteiger charge is 2.19. The average molecular weight is 370 g/mol. The van der Waals surface area contributed by atoms with Gasteiger partial charge < -0.3 is 14.3 Å². The number of hydrogen-bond acceptors (Lipinski definition) is 5. The second-order valence-electron chi connectivity index (χ2n) is 6.47. The Bertz CT molecular complexity index is 1060. The molecule has 0 aliphatic heterocycles. The molecule has 0 bridgehead atoms. The molecule has 0 atom stereocenters. The minimum atomic E-state index is -1.07. The zero-order chi connectivity index (χ0) is 18.3. The highest BCUT2D eigenvalue weighted by molar-refractivity contribution is 7.98. The Kier molecular flexibility index (Phi) is 4.36. The molecule has 134 valence electrons. The third kappa shape index (κ3) is 2.94. The molecule has 6 heteroatoms. The van der Waals surface area contributed by atoms with Crippen LogP contribution in [0.5, 0.6) is 5.75 Å². The van der Waals surface area contributed by atoms with Crippen LogP contribution in [-0.4, -0.2) is 23.4 Å². The number of ether oxygens (including phenoxy) is 1. The normalized spacial score (nSPS) is 15.0. The van der Waals surface area contributed by atoms with Crippen LogP contribution in [0.3, 0.4) is 0 Å². The fraction of sp³-hybridized carbons (Fsp3) is 0.300. The zero-order valence-corrected chi connectivity index (χ0v) is 15.1. The molecule has 0 radical (unpaired) electrons. The molecule has 4 rings (SSSR count). The first-order valence-electron chi connectivity index (χ1n) is 8.55. The molecule has 1 aromatic heterocycles. The van der Waals surface area contributed by atoms with E-state index in [0.29, 0.717) is 22.3 Å². The molecule has 1 saturated carbocycles. The van der Waals surface area contributed by atoms with E-state index in [1.807, 2.05) is 12.3 Å². The van der Waals surface area contributed by atoms with Crippen LogP contribution in [0.15, 0.2) is 44.4 Å². The minimum absolute atomic E-state index is 0.0626. The van der Waals surface area contributed by atoms with Gasteiger partial charge in [0.2, 0.25) is 5.43 Å². The second kappa shape index (κ2) is 6.68. The van der Waals surface area contributed by atoms with Crippen molar-refractivity contribution in [2.75, 3.05) is 6.26 Å². The van der Waals surface area contributed by atoms with Crippen molar-refractivity contribution >= 4 is 39.7 Å². The van der Waals surface area contributed by atoms with Gasteiger partial charge in [-0.25, -0.2) is 4.79 Å². The number of benzene rings is 2. The van der Waals surface area contributed by atoms with Crippen LogP contribution in [0.4, 0.5) is 0 Å². The van der Waals surface area contributed by atoms with E-state index >= 15 is 0 Å². The molecule has 0 amide bonds. The topological polar surface area (TPSA) is 76.7 Å². The van der Waals surface area contributed by atoms with E-state index in [1.54, 1.807) is 6.07 Å². The summed E-state index contributed by atoms with van der Waals surface area (Å²) in [4.78, 5) is 25.0. The van der Waals surface area contributed by atoms with Gasteiger partial charge in [0.1, 0.15) is 11.3 Å². The van der Waals surface area contributed by atoms with Gasteiger partial charge in [0.25, 0.3) is 0 Å². The van der Waals surface area contributed by atoms with E-state index in [2.05, 4.69) is 0 Å². The molecule has 0 saturated heterocycles. The van der Waals surface area contributed by atoms with E-state index in [4.69, 9.17) is 9.15 Å². The maximum absolute atomic E-state index is 13.0. The zero-order valence-electron chi connectivity index (χ0n) is 14.3. The van der Waals surface area contributed by atoms with E-state index in [1.165, 1.54) is 42.8 Å². The van der Waals surface area contributed by atoms with E-state index in [-0.39, 0.29) is 22.5 Å². The summed E-state index contributed by atoms with van der Waals surface area (Å²) in [5, 5.41) is 9.86. The predicted octanol–water partition coefficient (Wildman–Crippen LogP) is 4.69. The Labute approximate surface area is 154 Å². The van der Waals surface area contributed by atoms with Gasteiger partial charge in [0.05, 0.1) is 27.3 Å². The van der Waals surface area contributed by atoms with Crippen molar-refractivity contribution in [3.63, 3.8) is 0 Å². The molecule has 0 unspecified atom stereocenters. The lowest BCUT2D eigenvalue weighted by Crippen LogP contribution is -2.11. The summed E-state index contributed by atoms with van der Waals surface area (Å²) in [7, 11) is 0. The van der Waals surface area contributed by atoms with Crippen LogP contribution in [0.1, 0.15) is 36.0 Å². The van der Waals surface area contributed by atoms with Crippen LogP contribution in [0.2, 0.25) is 0 Å². The third-order valence-electron chi connectivity index (χ3n) is 4.78. The Morgan fingerprint density at radius 3 is 2.65 bits per heavy atom. The monoisotopic (exact) mass is 370 g/mol. The molecule has 3 aromatic rings. The summed E-state index contributed by atoms with van der Waals surface area (Å²) >= 11 is 1.49. The molecule has 1 heterocycles. The maximum Gasteiger partial charge on any atom is 0.335 e. The summed E-state index contributed by atoms with van der Waals surface area (Å²) in [5.41, 5.74) is 0.716. The van der Waals surface area contributed by atoms with E-state index in [0.717, 1.165) is 17.7 Å². The van der Waals surface area contributed by atoms with Crippen LogP contribution < -0.4 is 10.2 Å². The molecule has 1 aliphatic carbocycles. The smallest absolute Gasteiger partial charge is 0.335 e. The number of carboxylic acid groups (broad SMARTS) is 1. The van der Waals surface area contributed by atoms with Gasteiger partial charge in [-0.1, -0.05) is 0 Å². The number of carbonyl (C=O) groups is 1. The van der Waals surface area contributed by atoms with Gasteiger partial charge in [-0.15, -0.1) is 11.8 Å². The van der Waals surface area contributed by atoms with Gasteiger partial charge in [-0.3, -0.25) is 4.79 Å². The van der Waals surface area contributed by atoms with Gasteiger partial charge >= 0.3 is 5.97 Å². The Morgan fingerprint density at radius 2 is 1.96 bits per heavy atom. The number of aromatic carboxylic acids is 1. The van der Waals surface area contributed by atoms with Crippen molar-refractivity contribution in [1.29, 1.82) is 0 Å². The van der Waals surface area contributed by atoms with E-state index < -0.39 is 5.97 Å². The lowest BCUT2D eigenvalue weighted by atomic mass is 10.1. The summed E-state index contributed by atoms with van der Waals surface area (Å²) in [6, 6.07) is 7.96. The highest BCUT2D eigenvalue weighted by atomic mass is 32.2. The minimum Gasteiger partial charge on any atom is -0.490 e. The molecule has 26 heavy (non-hydrogen) atoms. The predicted molar refractivity (Wildman–Crippen MR) is 102 cm³/mol. The Balaban J connectivity index is 1.92. The number of carboxylic acids is 1. The van der Waals surface area contributed by atoms with Crippen molar-refractivity contribution in [2.45, 2.75) is 36.7 Å². The fourth-order valence-corrected chi connectivity index (χ4v) is 4.02. The quantitative estimate of drug-likeness (QED) is 0.530. The van der Waals surface area contributed by atoms with Crippen molar-refractivity contribution in [2.24, 2.45) is 0 Å². The lowest BCUT2D eigenvalue weighted by Gasteiger charge is -2.15. The van der Waals surface area contributed by atoms with E-state index in [9.17, 15) is 14.7 Å². The maximum atomic E-state index is 13.0. The van der Waals surface area contributed by atoms with Crippen LogP contribution in [0.25, 0.3) is 21.9 Å². The number of rotatable bonds is 4. The standard InChI is InChI=1S/C20H18O5S/c1-26-17-10-13(24-12-4-2-3-5-12)9-15-18(21)14-8-11(20(22)23)6-7-16(14)25-19(15)17/h6-10,12H,2-5H2,1H3,(H,22,23). The molecule has 1 N–H and O–H groups in total. The van der Waals surface area contributed by atoms with Crippen molar-refractivity contribution in [3.05, 3.63) is 46.1 Å². The van der Waals surface area contributed by atoms with Crippen molar-refractivity contribution in [1.82, 2.24) is 0 Å². The molecule has 1 fully saturated rings. The lowest BCUT2D eigenvalue weighted by molar-refractivity contribution is 0.0697. The first kappa shape index (κ1) is 17.0. The SMILES string of the molecule is CSc1cc(OC2CCCC2)cc2c(=O)c3cc(C(=O)O)ccc3oc12. The number of fused-ring (bicyclic) bond motifs is 2. The molecule has 1 aliphatic rings. The molecular formula is C20H18O5S. The van der Waals surface area contributed by atoms with Crippen molar-refractivity contribution in [3.8, 4) is 5.75 Å². The van der Waals surface area contributed by atoms with Crippen LogP contribution in [0, 0.1) is 0 Å². The average Bonchev–Trinajstić information content (AvgIpc) is 3.14. The van der Waals surface area contributed by atoms with Gasteiger partial charge in [0, 0.05) is 0 Å². The molecular weight excluding hydrogens is 352 g/mol. The Hall–Kier alpha value is -2.47. The highest BCUT2D eigenvalue weighted by Crippen LogP contribution is 2.34. The first-order chi connectivity index (χ1) is 12.6. The number of thioether (sulfide) groups is 1. The largest absolute Gasteiger partial charge is 0.490 e.